The predicted molar refractivity (Wildman–Crippen MR) is 145 cm³/mol. The summed E-state index contributed by atoms with van der Waals surface area (Å²) in [6.45, 7) is 6.36. The van der Waals surface area contributed by atoms with Gasteiger partial charge >= 0.3 is 23.9 Å². The number of esters is 4. The summed E-state index contributed by atoms with van der Waals surface area (Å²) in [4.78, 5) is 50.6. The molecule has 1 fully saturated rings. The Hall–Kier alpha value is -3.96. The molecule has 0 N–H and O–H groups in total. The first-order valence-electron chi connectivity index (χ1n) is 13.2. The van der Waals surface area contributed by atoms with Crippen LogP contribution in [-0.2, 0) is 55.8 Å². The molecule has 2 aromatic rings. The molecule has 0 amide bonds. The van der Waals surface area contributed by atoms with Crippen LogP contribution in [0.25, 0.3) is 0 Å². The number of benzene rings is 2. The summed E-state index contributed by atoms with van der Waals surface area (Å²) in [6.07, 6.45) is -6.38. The van der Waals surface area contributed by atoms with Gasteiger partial charge in [0.25, 0.3) is 0 Å². The average Bonchev–Trinajstić information content (AvgIpc) is 2.92. The van der Waals surface area contributed by atoms with Crippen LogP contribution in [0.15, 0.2) is 54.6 Å². The van der Waals surface area contributed by atoms with Gasteiger partial charge in [-0.15, -0.1) is 0 Å². The van der Waals surface area contributed by atoms with Gasteiger partial charge in [0.15, 0.2) is 18.3 Å². The van der Waals surface area contributed by atoms with Crippen molar-refractivity contribution in [1.29, 1.82) is 0 Å². The number of carbonyl (C=O) groups excluding carboxylic acids is 4. The van der Waals surface area contributed by atoms with E-state index in [4.69, 9.17) is 28.4 Å². The lowest BCUT2D eigenvalue weighted by atomic mass is 9.97. The molecule has 0 aromatic heterocycles. The maximum absolute atomic E-state index is 12.6. The number of hydrogen-bond donors (Lipinski definition) is 0. The lowest BCUT2D eigenvalue weighted by molar-refractivity contribution is -0.282. The number of ether oxygens (including phenoxy) is 6. The highest BCUT2D eigenvalue weighted by molar-refractivity contribution is 5.77. The van der Waals surface area contributed by atoms with Gasteiger partial charge in [0.05, 0.1) is 7.11 Å². The topological polar surface area (TPSA) is 127 Å². The normalized spacial score (nSPS) is 22.8. The van der Waals surface area contributed by atoms with Crippen LogP contribution in [0.4, 0.5) is 0 Å². The lowest BCUT2D eigenvalue weighted by Gasteiger charge is -2.43. The van der Waals surface area contributed by atoms with Gasteiger partial charge in [-0.05, 0) is 43.7 Å². The second-order valence-corrected chi connectivity index (χ2v) is 9.89. The largest absolute Gasteiger partial charge is 0.467 e. The van der Waals surface area contributed by atoms with Gasteiger partial charge < -0.3 is 28.4 Å². The van der Waals surface area contributed by atoms with Crippen LogP contribution >= 0.6 is 0 Å². The minimum atomic E-state index is -1.52. The summed E-state index contributed by atoms with van der Waals surface area (Å²) in [5, 5.41) is 0. The zero-order valence-electron chi connectivity index (χ0n) is 24.1. The zero-order valence-corrected chi connectivity index (χ0v) is 24.1. The Kier molecular flexibility index (Phi) is 11.2. The summed E-state index contributed by atoms with van der Waals surface area (Å²) in [5.41, 5.74) is 2.29. The van der Waals surface area contributed by atoms with E-state index < -0.39 is 54.6 Å². The second kappa shape index (κ2) is 14.6. The van der Waals surface area contributed by atoms with Gasteiger partial charge in [0, 0.05) is 33.4 Å². The number of likely N-dealkylation sites (N-methyl/N-ethyl adjacent to an activating group) is 1. The van der Waals surface area contributed by atoms with Gasteiger partial charge in [-0.1, -0.05) is 42.5 Å². The van der Waals surface area contributed by atoms with Crippen LogP contribution in [0.5, 0.6) is 5.75 Å². The molecule has 6 atom stereocenters. The Morgan fingerprint density at radius 1 is 0.805 bits per heavy atom. The first-order chi connectivity index (χ1) is 19.5. The van der Waals surface area contributed by atoms with Crippen LogP contribution < -0.4 is 4.74 Å². The van der Waals surface area contributed by atoms with E-state index in [1.165, 1.54) is 5.56 Å². The number of nitrogens with zero attached hydrogens (tertiary/aromatic N) is 1. The summed E-state index contributed by atoms with van der Waals surface area (Å²) in [5.74, 6) is -2.81. The fraction of sp³-hybridized carbons (Fsp3) is 0.467. The van der Waals surface area contributed by atoms with Crippen LogP contribution in [0.3, 0.4) is 0 Å². The van der Waals surface area contributed by atoms with Crippen molar-refractivity contribution >= 4 is 23.9 Å². The Bertz CT molecular complexity index is 1190. The number of carbonyl (C=O) groups is 4. The number of methoxy groups -OCH3 is 1. The first kappa shape index (κ1) is 31.6. The van der Waals surface area contributed by atoms with Crippen LogP contribution in [0.2, 0.25) is 0 Å². The molecule has 0 spiro atoms. The molecule has 1 saturated heterocycles. The van der Waals surface area contributed by atoms with Gasteiger partial charge in [0.1, 0.15) is 5.75 Å². The number of hydrogen-bond acceptors (Lipinski definition) is 11. The van der Waals surface area contributed by atoms with E-state index in [1.807, 2.05) is 30.3 Å². The van der Waals surface area contributed by atoms with E-state index in [-0.39, 0.29) is 6.04 Å². The van der Waals surface area contributed by atoms with Crippen molar-refractivity contribution in [3.05, 3.63) is 65.7 Å². The number of rotatable bonds is 11. The van der Waals surface area contributed by atoms with Gasteiger partial charge in [0.2, 0.25) is 12.4 Å². The molecule has 11 nitrogen and oxygen atoms in total. The molecule has 1 heterocycles. The van der Waals surface area contributed by atoms with E-state index in [0.717, 1.165) is 46.4 Å². The molecular formula is C30H37NO10. The van der Waals surface area contributed by atoms with Gasteiger partial charge in [-0.3, -0.25) is 19.3 Å². The standard InChI is InChI=1S/C30H37NO10/c1-18(31(5)17-23-10-8-7-9-11-23)16-22-12-14-24(15-13-22)40-30-28(39-21(4)34)26(38-20(3)33)25(37-19(2)32)27(41-30)29(35)36-6/h7-15,18,25-28,30H,16-17H2,1-6H3/t18?,25-,26-,27-,28+,30-/m0/s1. The highest BCUT2D eigenvalue weighted by Crippen LogP contribution is 2.31. The molecule has 2 aromatic carbocycles. The molecule has 1 unspecified atom stereocenters. The minimum absolute atomic E-state index is 0.250. The van der Waals surface area contributed by atoms with Crippen molar-refractivity contribution in [2.45, 2.75) is 77.4 Å². The van der Waals surface area contributed by atoms with Crippen molar-refractivity contribution in [1.82, 2.24) is 4.90 Å². The van der Waals surface area contributed by atoms with Gasteiger partial charge in [-0.2, -0.15) is 0 Å². The average molecular weight is 572 g/mol. The first-order valence-corrected chi connectivity index (χ1v) is 13.2. The van der Waals surface area contributed by atoms with Gasteiger partial charge in [-0.25, -0.2) is 4.79 Å². The summed E-state index contributed by atoms with van der Waals surface area (Å²) in [7, 11) is 3.20. The zero-order chi connectivity index (χ0) is 30.1. The van der Waals surface area contributed by atoms with E-state index in [1.54, 1.807) is 12.1 Å². The lowest BCUT2D eigenvalue weighted by Crippen LogP contribution is -2.64. The molecule has 3 rings (SSSR count). The van der Waals surface area contributed by atoms with E-state index >= 15 is 0 Å². The van der Waals surface area contributed by atoms with Crippen LogP contribution in [0.1, 0.15) is 38.8 Å². The van der Waals surface area contributed by atoms with E-state index in [2.05, 4.69) is 31.0 Å². The third-order valence-electron chi connectivity index (χ3n) is 6.57. The molecule has 1 aliphatic heterocycles. The second-order valence-electron chi connectivity index (χ2n) is 9.89. The summed E-state index contributed by atoms with van der Waals surface area (Å²) < 4.78 is 32.7. The highest BCUT2D eigenvalue weighted by Gasteiger charge is 2.55. The smallest absolute Gasteiger partial charge is 0.339 e. The van der Waals surface area contributed by atoms with Crippen LogP contribution in [-0.4, -0.2) is 79.7 Å². The fourth-order valence-electron chi connectivity index (χ4n) is 4.54. The molecule has 0 aliphatic carbocycles. The molecule has 0 saturated carbocycles. The summed E-state index contributed by atoms with van der Waals surface area (Å²) >= 11 is 0. The van der Waals surface area contributed by atoms with E-state index in [9.17, 15) is 19.2 Å². The Balaban J connectivity index is 1.79. The van der Waals surface area contributed by atoms with Crippen molar-refractivity contribution in [3.8, 4) is 5.75 Å². The molecule has 222 valence electrons. The molecule has 0 radical (unpaired) electrons. The molecule has 11 heteroatoms. The minimum Gasteiger partial charge on any atom is -0.467 e. The van der Waals surface area contributed by atoms with Crippen molar-refractivity contribution in [2.75, 3.05) is 14.2 Å². The predicted octanol–water partition coefficient (Wildman–Crippen LogP) is 2.82. The van der Waals surface area contributed by atoms with Crippen molar-refractivity contribution in [3.63, 3.8) is 0 Å². The third-order valence-corrected chi connectivity index (χ3v) is 6.57. The SMILES string of the molecule is COC(=O)[C@H]1O[C@H](Oc2ccc(CC(C)N(C)Cc3ccccc3)cc2)[C@H](OC(C)=O)[C@@H](OC(C)=O)[C@@H]1OC(C)=O. The van der Waals surface area contributed by atoms with Crippen LogP contribution in [0, 0.1) is 0 Å². The van der Waals surface area contributed by atoms with Crippen molar-refractivity contribution < 1.29 is 47.6 Å². The maximum Gasteiger partial charge on any atom is 0.339 e. The monoisotopic (exact) mass is 571 g/mol. The maximum atomic E-state index is 12.6. The Morgan fingerprint density at radius 3 is 1.93 bits per heavy atom. The third kappa shape index (κ3) is 9.02. The van der Waals surface area contributed by atoms with E-state index in [0.29, 0.717) is 5.75 Å². The Morgan fingerprint density at radius 2 is 1.37 bits per heavy atom. The molecule has 1 aliphatic rings. The fourth-order valence-corrected chi connectivity index (χ4v) is 4.54. The quantitative estimate of drug-likeness (QED) is 0.292. The summed E-state index contributed by atoms with van der Waals surface area (Å²) in [6, 6.07) is 17.7. The molecule has 0 bridgehead atoms. The molecular weight excluding hydrogens is 534 g/mol. The molecule has 41 heavy (non-hydrogen) atoms. The van der Waals surface area contributed by atoms with Crippen molar-refractivity contribution in [2.24, 2.45) is 0 Å². The highest BCUT2D eigenvalue weighted by atomic mass is 16.7. The Labute approximate surface area is 239 Å².